The van der Waals surface area contributed by atoms with Gasteiger partial charge >= 0.3 is 0 Å². The Morgan fingerprint density at radius 3 is 2.68 bits per heavy atom. The first-order valence-electron chi connectivity index (χ1n) is 8.03. The number of carbonyl (C=O) groups is 2. The van der Waals surface area contributed by atoms with E-state index in [1.165, 1.54) is 0 Å². The molecule has 0 atom stereocenters. The maximum Gasteiger partial charge on any atom is 0.251 e. The number of anilines is 1. The Kier molecular flexibility index (Phi) is 5.69. The standard InChI is InChI=1S/C18H23N5O2/c1-18(2,9-7-15(24)20-3)23-16(25)13-6-4-5-12(11-13)14-8-10-21-17(19)22-14/h4-6,8,10-11H,7,9H2,1-3H3,(H,20,24)(H,23,25)(H2,19,21,22). The van der Waals surface area contributed by atoms with Gasteiger partial charge in [-0.1, -0.05) is 12.1 Å². The van der Waals surface area contributed by atoms with Gasteiger partial charge in [0.05, 0.1) is 5.69 Å². The summed E-state index contributed by atoms with van der Waals surface area (Å²) in [5, 5.41) is 5.54. The molecule has 2 amide bonds. The zero-order valence-electron chi connectivity index (χ0n) is 14.7. The number of nitrogens with zero attached hydrogens (tertiary/aromatic N) is 2. The molecule has 25 heavy (non-hydrogen) atoms. The molecule has 0 aliphatic rings. The molecular formula is C18H23N5O2. The van der Waals surface area contributed by atoms with Crippen LogP contribution in [0.25, 0.3) is 11.3 Å². The first kappa shape index (κ1) is 18.4. The van der Waals surface area contributed by atoms with E-state index in [2.05, 4.69) is 20.6 Å². The Balaban J connectivity index is 2.12. The van der Waals surface area contributed by atoms with Gasteiger partial charge in [0.15, 0.2) is 0 Å². The van der Waals surface area contributed by atoms with Crippen LogP contribution in [0.5, 0.6) is 0 Å². The molecule has 0 saturated heterocycles. The van der Waals surface area contributed by atoms with E-state index in [1.54, 1.807) is 37.5 Å². The van der Waals surface area contributed by atoms with Crippen LogP contribution in [0, 0.1) is 0 Å². The predicted octanol–water partition coefficient (Wildman–Crippen LogP) is 1.76. The molecule has 0 aliphatic heterocycles. The highest BCUT2D eigenvalue weighted by Gasteiger charge is 2.22. The van der Waals surface area contributed by atoms with E-state index < -0.39 is 5.54 Å². The van der Waals surface area contributed by atoms with Crippen molar-refractivity contribution >= 4 is 17.8 Å². The van der Waals surface area contributed by atoms with Crippen molar-refractivity contribution in [1.82, 2.24) is 20.6 Å². The van der Waals surface area contributed by atoms with E-state index in [4.69, 9.17) is 5.73 Å². The second-order valence-electron chi connectivity index (χ2n) is 6.39. The quantitative estimate of drug-likeness (QED) is 0.741. The molecule has 0 spiro atoms. The zero-order chi connectivity index (χ0) is 18.4. The summed E-state index contributed by atoms with van der Waals surface area (Å²) in [6.07, 6.45) is 2.47. The van der Waals surface area contributed by atoms with Crippen molar-refractivity contribution in [3.8, 4) is 11.3 Å². The minimum absolute atomic E-state index is 0.0503. The lowest BCUT2D eigenvalue weighted by Gasteiger charge is -2.26. The van der Waals surface area contributed by atoms with E-state index in [1.807, 2.05) is 19.9 Å². The maximum atomic E-state index is 12.6. The topological polar surface area (TPSA) is 110 Å². The molecule has 1 heterocycles. The van der Waals surface area contributed by atoms with Gasteiger partial charge in [0.2, 0.25) is 11.9 Å². The van der Waals surface area contributed by atoms with Crippen molar-refractivity contribution in [3.05, 3.63) is 42.1 Å². The zero-order valence-corrected chi connectivity index (χ0v) is 14.7. The van der Waals surface area contributed by atoms with Gasteiger partial charge in [0.1, 0.15) is 0 Å². The molecule has 2 aromatic rings. The van der Waals surface area contributed by atoms with Crippen LogP contribution in [0.2, 0.25) is 0 Å². The van der Waals surface area contributed by atoms with Crippen molar-refractivity contribution in [1.29, 1.82) is 0 Å². The van der Waals surface area contributed by atoms with E-state index in [0.29, 0.717) is 24.1 Å². The molecule has 0 aliphatic carbocycles. The van der Waals surface area contributed by atoms with Gasteiger partial charge in [0, 0.05) is 36.3 Å². The highest BCUT2D eigenvalue weighted by molar-refractivity contribution is 5.95. The van der Waals surface area contributed by atoms with Gasteiger partial charge in [-0.25, -0.2) is 9.97 Å². The summed E-state index contributed by atoms with van der Waals surface area (Å²) < 4.78 is 0. The number of benzene rings is 1. The van der Waals surface area contributed by atoms with Gasteiger partial charge in [-0.3, -0.25) is 9.59 Å². The second-order valence-corrected chi connectivity index (χ2v) is 6.39. The normalized spacial score (nSPS) is 11.0. The number of hydrogen-bond donors (Lipinski definition) is 3. The van der Waals surface area contributed by atoms with Crippen molar-refractivity contribution in [3.63, 3.8) is 0 Å². The van der Waals surface area contributed by atoms with Crippen LogP contribution in [-0.2, 0) is 4.79 Å². The van der Waals surface area contributed by atoms with Gasteiger partial charge in [0.25, 0.3) is 5.91 Å². The number of rotatable bonds is 6. The van der Waals surface area contributed by atoms with Gasteiger partial charge in [-0.05, 0) is 38.5 Å². The molecule has 0 fully saturated rings. The summed E-state index contributed by atoms with van der Waals surface area (Å²) in [5.74, 6) is -0.0702. The minimum Gasteiger partial charge on any atom is -0.368 e. The lowest BCUT2D eigenvalue weighted by molar-refractivity contribution is -0.121. The lowest BCUT2D eigenvalue weighted by Crippen LogP contribution is -2.44. The SMILES string of the molecule is CNC(=O)CCC(C)(C)NC(=O)c1cccc(-c2ccnc(N)n2)c1. The molecule has 0 radical (unpaired) electrons. The van der Waals surface area contributed by atoms with Crippen LogP contribution in [0.1, 0.15) is 37.0 Å². The van der Waals surface area contributed by atoms with Crippen LogP contribution in [0.3, 0.4) is 0 Å². The predicted molar refractivity (Wildman–Crippen MR) is 96.7 cm³/mol. The first-order chi connectivity index (χ1) is 11.8. The summed E-state index contributed by atoms with van der Waals surface area (Å²) in [5.41, 5.74) is 7.06. The third-order valence-corrected chi connectivity index (χ3v) is 3.80. The Hall–Kier alpha value is -2.96. The van der Waals surface area contributed by atoms with Crippen molar-refractivity contribution in [2.45, 2.75) is 32.2 Å². The highest BCUT2D eigenvalue weighted by atomic mass is 16.2. The minimum atomic E-state index is -0.501. The lowest BCUT2D eigenvalue weighted by atomic mass is 9.97. The Morgan fingerprint density at radius 1 is 1.24 bits per heavy atom. The summed E-state index contributed by atoms with van der Waals surface area (Å²) in [6.45, 7) is 3.78. The van der Waals surface area contributed by atoms with Crippen LogP contribution < -0.4 is 16.4 Å². The third kappa shape index (κ3) is 5.27. The van der Waals surface area contributed by atoms with E-state index in [9.17, 15) is 9.59 Å². The number of nitrogen functional groups attached to an aromatic ring is 1. The van der Waals surface area contributed by atoms with E-state index >= 15 is 0 Å². The maximum absolute atomic E-state index is 12.6. The smallest absolute Gasteiger partial charge is 0.251 e. The summed E-state index contributed by atoms with van der Waals surface area (Å²) in [6, 6.07) is 8.88. The van der Waals surface area contributed by atoms with Crippen molar-refractivity contribution in [2.75, 3.05) is 12.8 Å². The highest BCUT2D eigenvalue weighted by Crippen LogP contribution is 2.19. The second kappa shape index (κ2) is 7.74. The van der Waals surface area contributed by atoms with Crippen LogP contribution in [0.4, 0.5) is 5.95 Å². The number of nitrogens with one attached hydrogen (secondary N) is 2. The summed E-state index contributed by atoms with van der Waals surface area (Å²) >= 11 is 0. The van der Waals surface area contributed by atoms with Crippen LogP contribution in [-0.4, -0.2) is 34.4 Å². The average molecular weight is 341 g/mol. The number of aromatic nitrogens is 2. The molecule has 2 rings (SSSR count). The Morgan fingerprint density at radius 2 is 2.00 bits per heavy atom. The fraction of sp³-hybridized carbons (Fsp3) is 0.333. The largest absolute Gasteiger partial charge is 0.368 e. The first-order valence-corrected chi connectivity index (χ1v) is 8.03. The molecule has 1 aromatic carbocycles. The van der Waals surface area contributed by atoms with E-state index in [-0.39, 0.29) is 17.8 Å². The third-order valence-electron chi connectivity index (χ3n) is 3.80. The molecule has 132 valence electrons. The monoisotopic (exact) mass is 341 g/mol. The molecule has 1 aromatic heterocycles. The molecule has 4 N–H and O–H groups in total. The fourth-order valence-electron chi connectivity index (χ4n) is 2.35. The van der Waals surface area contributed by atoms with Crippen LogP contribution >= 0.6 is 0 Å². The Bertz CT molecular complexity index is 774. The van der Waals surface area contributed by atoms with E-state index in [0.717, 1.165) is 5.56 Å². The summed E-state index contributed by atoms with van der Waals surface area (Å²) in [4.78, 5) is 32.0. The molecule has 7 nitrogen and oxygen atoms in total. The number of amides is 2. The van der Waals surface area contributed by atoms with Crippen molar-refractivity contribution < 1.29 is 9.59 Å². The summed E-state index contributed by atoms with van der Waals surface area (Å²) in [7, 11) is 1.60. The van der Waals surface area contributed by atoms with Crippen LogP contribution in [0.15, 0.2) is 36.5 Å². The van der Waals surface area contributed by atoms with Gasteiger partial charge in [-0.15, -0.1) is 0 Å². The number of nitrogens with two attached hydrogens (primary N) is 1. The molecular weight excluding hydrogens is 318 g/mol. The average Bonchev–Trinajstić information content (AvgIpc) is 2.59. The molecule has 0 bridgehead atoms. The number of hydrogen-bond acceptors (Lipinski definition) is 5. The molecule has 0 unspecified atom stereocenters. The van der Waals surface area contributed by atoms with Gasteiger partial charge in [-0.2, -0.15) is 0 Å². The molecule has 7 heteroatoms. The van der Waals surface area contributed by atoms with Crippen molar-refractivity contribution in [2.24, 2.45) is 0 Å². The number of carbonyl (C=O) groups excluding carboxylic acids is 2. The van der Waals surface area contributed by atoms with Gasteiger partial charge < -0.3 is 16.4 Å². The Labute approximate surface area is 147 Å². The molecule has 0 saturated carbocycles. The fourth-order valence-corrected chi connectivity index (χ4v) is 2.35.